The van der Waals surface area contributed by atoms with Gasteiger partial charge in [0.1, 0.15) is 12.0 Å². The van der Waals surface area contributed by atoms with E-state index in [1.165, 1.54) is 5.56 Å². The van der Waals surface area contributed by atoms with Gasteiger partial charge in [-0.25, -0.2) is 10.2 Å². The molecule has 2 unspecified atom stereocenters. The second-order valence-corrected chi connectivity index (χ2v) is 8.30. The molecule has 7 nitrogen and oxygen atoms in total. The zero-order valence-corrected chi connectivity index (χ0v) is 16.6. The van der Waals surface area contributed by atoms with Gasteiger partial charge in [0.25, 0.3) is 5.91 Å². The Morgan fingerprint density at radius 2 is 1.97 bits per heavy atom. The number of pyridine rings is 1. The number of hydrogen-bond acceptors (Lipinski definition) is 5. The summed E-state index contributed by atoms with van der Waals surface area (Å²) in [5.74, 6) is 1.04. The van der Waals surface area contributed by atoms with E-state index in [-0.39, 0.29) is 18.2 Å². The van der Waals surface area contributed by atoms with Gasteiger partial charge < -0.3 is 14.5 Å². The summed E-state index contributed by atoms with van der Waals surface area (Å²) >= 11 is 0. The summed E-state index contributed by atoms with van der Waals surface area (Å²) in [5.41, 5.74) is 3.30. The van der Waals surface area contributed by atoms with Crippen LogP contribution in [0.5, 0.6) is 0 Å². The maximum Gasteiger partial charge on any atom is 0.257 e. The molecule has 7 heteroatoms. The topological polar surface area (TPSA) is 82.5 Å². The second-order valence-electron chi connectivity index (χ2n) is 8.30. The number of nitrogens with zero attached hydrogens (tertiary/aromatic N) is 3. The van der Waals surface area contributed by atoms with Gasteiger partial charge in [-0.2, -0.15) is 5.48 Å². The molecule has 3 saturated heterocycles. The van der Waals surface area contributed by atoms with Crippen molar-refractivity contribution in [3.63, 3.8) is 0 Å². The average Bonchev–Trinajstić information content (AvgIpc) is 3.27. The first kappa shape index (κ1) is 18.5. The molecule has 1 aromatic carbocycles. The predicted octanol–water partition coefficient (Wildman–Crippen LogP) is 2.03. The Hall–Kier alpha value is -2.48. The van der Waals surface area contributed by atoms with E-state index in [0.717, 1.165) is 48.5 Å². The lowest BCUT2D eigenvalue weighted by atomic mass is 9.89. The fourth-order valence-corrected chi connectivity index (χ4v) is 5.00. The first-order chi connectivity index (χ1) is 14.1. The number of hydrogen-bond donors (Lipinski definition) is 2. The molecule has 5 rings (SSSR count). The molecule has 4 heterocycles. The van der Waals surface area contributed by atoms with Gasteiger partial charge in [-0.15, -0.1) is 0 Å². The minimum atomic E-state index is -0.692. The number of carbonyl (C=O) groups is 1. The van der Waals surface area contributed by atoms with Gasteiger partial charge in [-0.3, -0.25) is 4.79 Å². The number of nitrogens with two attached hydrogens (primary N) is 1. The molecule has 0 radical (unpaired) electrons. The highest BCUT2D eigenvalue weighted by molar-refractivity contribution is 5.88. The van der Waals surface area contributed by atoms with Crippen LogP contribution in [-0.4, -0.2) is 45.9 Å². The van der Waals surface area contributed by atoms with E-state index in [0.29, 0.717) is 12.8 Å². The van der Waals surface area contributed by atoms with Crippen LogP contribution in [0.4, 0.5) is 11.5 Å². The zero-order valence-electron chi connectivity index (χ0n) is 16.6. The molecule has 3 N–H and O–H groups in total. The molecule has 1 aromatic heterocycles. The Labute approximate surface area is 170 Å². The standard InChI is InChI=1S/C22H26N4O3/c1-15-13-19(23-14-17(15)24-28)25-11-9-22(10-12-25)21(27)26-18(7-8-20(26)29-22)16-5-3-2-4-6-16/h2-6,13-14,18,20,24,28H,7-12H2,1H3/p+1. The summed E-state index contributed by atoms with van der Waals surface area (Å²) in [6.07, 6.45) is 4.80. The van der Waals surface area contributed by atoms with E-state index in [9.17, 15) is 10.0 Å². The zero-order chi connectivity index (χ0) is 20.0. The molecule has 0 saturated carbocycles. The number of fused-ring (bicyclic) bond motifs is 1. The molecule has 0 bridgehead atoms. The van der Waals surface area contributed by atoms with Crippen LogP contribution in [-0.2, 0) is 9.53 Å². The minimum Gasteiger partial charge on any atom is -0.356 e. The Bertz CT molecular complexity index is 912. The normalized spacial score (nSPS) is 25.7. The molecule has 2 atom stereocenters. The van der Waals surface area contributed by atoms with E-state index in [1.54, 1.807) is 6.20 Å². The highest BCUT2D eigenvalue weighted by Gasteiger charge is 2.57. The van der Waals surface area contributed by atoms with Crippen LogP contribution < -0.4 is 10.4 Å². The lowest BCUT2D eigenvalue weighted by molar-refractivity contribution is -0.826. The van der Waals surface area contributed by atoms with Crippen molar-refractivity contribution in [1.82, 2.24) is 9.88 Å². The fourth-order valence-electron chi connectivity index (χ4n) is 5.00. The Morgan fingerprint density at radius 3 is 2.66 bits per heavy atom. The quantitative estimate of drug-likeness (QED) is 0.777. The van der Waals surface area contributed by atoms with Crippen molar-refractivity contribution < 1.29 is 20.2 Å². The van der Waals surface area contributed by atoms with Crippen molar-refractivity contribution in [1.29, 1.82) is 0 Å². The summed E-state index contributed by atoms with van der Waals surface area (Å²) in [5, 5.41) is 9.23. The van der Waals surface area contributed by atoms with Gasteiger partial charge in [0, 0.05) is 31.5 Å². The Balaban J connectivity index is 1.31. The van der Waals surface area contributed by atoms with Crippen molar-refractivity contribution in [3.8, 4) is 0 Å². The highest BCUT2D eigenvalue weighted by atomic mass is 16.6. The number of aromatic nitrogens is 1. The molecule has 3 aliphatic heterocycles. The monoisotopic (exact) mass is 395 g/mol. The lowest BCUT2D eigenvalue weighted by Crippen LogP contribution is -2.74. The average molecular weight is 395 g/mol. The molecule has 152 valence electrons. The molecule has 0 aliphatic carbocycles. The summed E-state index contributed by atoms with van der Waals surface area (Å²) in [7, 11) is 0. The summed E-state index contributed by atoms with van der Waals surface area (Å²) < 4.78 is 6.41. The highest BCUT2D eigenvalue weighted by Crippen LogP contribution is 2.47. The smallest absolute Gasteiger partial charge is 0.257 e. The predicted molar refractivity (Wildman–Crippen MR) is 107 cm³/mol. The number of amides is 1. The summed E-state index contributed by atoms with van der Waals surface area (Å²) in [4.78, 5) is 22.1. The Morgan fingerprint density at radius 1 is 1.21 bits per heavy atom. The van der Waals surface area contributed by atoms with Crippen LogP contribution in [0.3, 0.4) is 0 Å². The first-order valence-corrected chi connectivity index (χ1v) is 10.4. The van der Waals surface area contributed by atoms with Gasteiger partial charge in [0.05, 0.1) is 12.2 Å². The van der Waals surface area contributed by atoms with E-state index in [2.05, 4.69) is 22.0 Å². The van der Waals surface area contributed by atoms with Gasteiger partial charge in [-0.1, -0.05) is 30.3 Å². The third-order valence-corrected chi connectivity index (χ3v) is 6.67. The number of rotatable bonds is 3. The third kappa shape index (κ3) is 3.01. The van der Waals surface area contributed by atoms with Crippen LogP contribution >= 0.6 is 0 Å². The van der Waals surface area contributed by atoms with Crippen LogP contribution in [0.2, 0.25) is 0 Å². The van der Waals surface area contributed by atoms with Crippen molar-refractivity contribution in [2.75, 3.05) is 18.0 Å². The molecule has 3 aliphatic rings. The van der Waals surface area contributed by atoms with Crippen molar-refractivity contribution in [2.45, 2.75) is 50.5 Å². The van der Waals surface area contributed by atoms with E-state index in [1.807, 2.05) is 36.1 Å². The van der Waals surface area contributed by atoms with Crippen LogP contribution in [0, 0.1) is 6.92 Å². The molecular formula is C22H27N4O3+. The maximum atomic E-state index is 13.5. The van der Waals surface area contributed by atoms with Gasteiger partial charge >= 0.3 is 0 Å². The first-order valence-electron chi connectivity index (χ1n) is 10.4. The number of quaternary nitrogens is 1. The van der Waals surface area contributed by atoms with Crippen LogP contribution in [0.15, 0.2) is 42.6 Å². The Kier molecular flexibility index (Phi) is 4.53. The summed E-state index contributed by atoms with van der Waals surface area (Å²) in [6.45, 7) is 3.42. The number of aryl methyl sites for hydroxylation is 1. The third-order valence-electron chi connectivity index (χ3n) is 6.67. The molecule has 1 spiro atoms. The van der Waals surface area contributed by atoms with E-state index >= 15 is 0 Å². The van der Waals surface area contributed by atoms with E-state index in [4.69, 9.17) is 4.74 Å². The van der Waals surface area contributed by atoms with Gasteiger partial charge in [-0.05, 0) is 31.4 Å². The van der Waals surface area contributed by atoms with Crippen molar-refractivity contribution >= 4 is 17.4 Å². The van der Waals surface area contributed by atoms with Gasteiger partial charge in [0.15, 0.2) is 11.3 Å². The fraction of sp³-hybridized carbons (Fsp3) is 0.455. The number of carbonyl (C=O) groups excluding carboxylic acids is 1. The largest absolute Gasteiger partial charge is 0.356 e. The summed E-state index contributed by atoms with van der Waals surface area (Å²) in [6, 6.07) is 12.4. The minimum absolute atomic E-state index is 0.0981. The second kappa shape index (κ2) is 7.09. The van der Waals surface area contributed by atoms with Crippen molar-refractivity contribution in [3.05, 3.63) is 53.7 Å². The number of anilines is 1. The van der Waals surface area contributed by atoms with E-state index < -0.39 is 5.60 Å². The number of ether oxygens (including phenoxy) is 1. The molecule has 3 fully saturated rings. The van der Waals surface area contributed by atoms with Crippen LogP contribution in [0.1, 0.15) is 42.9 Å². The van der Waals surface area contributed by atoms with Gasteiger partial charge in [0.2, 0.25) is 0 Å². The molecule has 1 amide bonds. The SMILES string of the molecule is Cc1cc(N2CCC3(CC2)OC2CCC(c4ccccc4)N2C3=O)ncc1[NH2+]O. The van der Waals surface area contributed by atoms with Crippen molar-refractivity contribution in [2.24, 2.45) is 0 Å². The lowest BCUT2D eigenvalue weighted by Gasteiger charge is -2.38. The molecule has 29 heavy (non-hydrogen) atoms. The number of benzene rings is 1. The van der Waals surface area contributed by atoms with Crippen LogP contribution in [0.25, 0.3) is 0 Å². The molecular weight excluding hydrogens is 368 g/mol. The number of piperidine rings is 1. The maximum absolute atomic E-state index is 13.5. The molecule has 2 aromatic rings.